The monoisotopic (exact) mass is 283 g/mol. The SMILES string of the molecule is CCn1nc(C)cc1CC(=O)C1NCCc2ccccc21. The standard InChI is InChI=1S/C17H21N3O/c1-3-20-14(10-12(2)19-20)11-16(21)17-15-7-5-4-6-13(15)8-9-18-17/h4-7,10,17-18H,3,8-9,11H2,1-2H3. The van der Waals surface area contributed by atoms with Crippen LogP contribution in [-0.2, 0) is 24.2 Å². The van der Waals surface area contributed by atoms with E-state index in [2.05, 4.69) is 29.5 Å². The molecule has 0 amide bonds. The van der Waals surface area contributed by atoms with E-state index in [0.29, 0.717) is 6.42 Å². The largest absolute Gasteiger partial charge is 0.303 e. The van der Waals surface area contributed by atoms with E-state index in [1.165, 1.54) is 5.56 Å². The predicted molar refractivity (Wildman–Crippen MR) is 82.2 cm³/mol. The van der Waals surface area contributed by atoms with E-state index in [0.717, 1.165) is 36.5 Å². The number of carbonyl (C=O) groups excluding carboxylic acids is 1. The normalized spacial score (nSPS) is 17.5. The quantitative estimate of drug-likeness (QED) is 0.936. The Morgan fingerprint density at radius 1 is 1.43 bits per heavy atom. The van der Waals surface area contributed by atoms with Crippen molar-refractivity contribution in [1.82, 2.24) is 15.1 Å². The summed E-state index contributed by atoms with van der Waals surface area (Å²) in [5.74, 6) is 0.219. The molecular formula is C17H21N3O. The van der Waals surface area contributed by atoms with Gasteiger partial charge >= 0.3 is 0 Å². The van der Waals surface area contributed by atoms with Gasteiger partial charge in [-0.15, -0.1) is 0 Å². The van der Waals surface area contributed by atoms with Crippen LogP contribution in [0.2, 0.25) is 0 Å². The minimum atomic E-state index is -0.185. The van der Waals surface area contributed by atoms with E-state index in [1.54, 1.807) is 0 Å². The summed E-state index contributed by atoms with van der Waals surface area (Å²) in [6, 6.07) is 10.1. The van der Waals surface area contributed by atoms with Crippen molar-refractivity contribution in [2.24, 2.45) is 0 Å². The van der Waals surface area contributed by atoms with Gasteiger partial charge in [-0.25, -0.2) is 0 Å². The summed E-state index contributed by atoms with van der Waals surface area (Å²) >= 11 is 0. The van der Waals surface area contributed by atoms with Crippen molar-refractivity contribution in [3.8, 4) is 0 Å². The lowest BCUT2D eigenvalue weighted by Gasteiger charge is -2.25. The summed E-state index contributed by atoms with van der Waals surface area (Å²) in [4.78, 5) is 12.7. The molecule has 0 aliphatic carbocycles. The first-order chi connectivity index (χ1) is 10.2. The molecule has 21 heavy (non-hydrogen) atoms. The van der Waals surface area contributed by atoms with E-state index in [-0.39, 0.29) is 11.8 Å². The first-order valence-corrected chi connectivity index (χ1v) is 7.56. The van der Waals surface area contributed by atoms with Crippen LogP contribution in [0.25, 0.3) is 0 Å². The number of ketones is 1. The lowest BCUT2D eigenvalue weighted by Crippen LogP contribution is -2.36. The molecule has 1 unspecified atom stereocenters. The molecular weight excluding hydrogens is 262 g/mol. The topological polar surface area (TPSA) is 46.9 Å². The molecule has 0 radical (unpaired) electrons. The van der Waals surface area contributed by atoms with Gasteiger partial charge in [-0.3, -0.25) is 9.48 Å². The summed E-state index contributed by atoms with van der Waals surface area (Å²) in [7, 11) is 0. The first kappa shape index (κ1) is 14.0. The first-order valence-electron chi connectivity index (χ1n) is 7.56. The van der Waals surface area contributed by atoms with Crippen molar-refractivity contribution in [2.45, 2.75) is 39.3 Å². The maximum atomic E-state index is 12.7. The maximum Gasteiger partial charge on any atom is 0.160 e. The number of rotatable bonds is 4. The Hall–Kier alpha value is -1.94. The number of benzene rings is 1. The number of nitrogens with one attached hydrogen (secondary N) is 1. The third-order valence-electron chi connectivity index (χ3n) is 4.07. The van der Waals surface area contributed by atoms with Crippen LogP contribution in [0.3, 0.4) is 0 Å². The third kappa shape index (κ3) is 2.76. The van der Waals surface area contributed by atoms with Crippen molar-refractivity contribution in [2.75, 3.05) is 6.54 Å². The van der Waals surface area contributed by atoms with E-state index in [4.69, 9.17) is 0 Å². The van der Waals surface area contributed by atoms with Crippen LogP contribution in [0, 0.1) is 6.92 Å². The van der Waals surface area contributed by atoms with Gasteiger partial charge in [-0.05, 0) is 37.5 Å². The van der Waals surface area contributed by atoms with Crippen LogP contribution >= 0.6 is 0 Å². The lowest BCUT2D eigenvalue weighted by molar-refractivity contribution is -0.120. The van der Waals surface area contributed by atoms with Gasteiger partial charge in [0.25, 0.3) is 0 Å². The number of nitrogens with zero attached hydrogens (tertiary/aromatic N) is 2. The highest BCUT2D eigenvalue weighted by Crippen LogP contribution is 2.24. The van der Waals surface area contributed by atoms with E-state index < -0.39 is 0 Å². The highest BCUT2D eigenvalue weighted by molar-refractivity contribution is 5.87. The van der Waals surface area contributed by atoms with Crippen LogP contribution in [0.5, 0.6) is 0 Å². The molecule has 0 bridgehead atoms. The van der Waals surface area contributed by atoms with Gasteiger partial charge in [-0.1, -0.05) is 24.3 Å². The molecule has 0 spiro atoms. The van der Waals surface area contributed by atoms with Crippen LogP contribution in [-0.4, -0.2) is 22.1 Å². The molecule has 2 heterocycles. The minimum Gasteiger partial charge on any atom is -0.303 e. The van der Waals surface area contributed by atoms with Crippen molar-refractivity contribution < 1.29 is 4.79 Å². The average molecular weight is 283 g/mol. The molecule has 0 saturated carbocycles. The number of hydrogen-bond donors (Lipinski definition) is 1. The second-order valence-electron chi connectivity index (χ2n) is 5.57. The van der Waals surface area contributed by atoms with E-state index in [1.807, 2.05) is 29.8 Å². The zero-order valence-corrected chi connectivity index (χ0v) is 12.6. The molecule has 110 valence electrons. The highest BCUT2D eigenvalue weighted by atomic mass is 16.1. The van der Waals surface area contributed by atoms with Gasteiger partial charge in [0, 0.05) is 18.8 Å². The van der Waals surface area contributed by atoms with Crippen LogP contribution in [0.4, 0.5) is 0 Å². The second-order valence-corrected chi connectivity index (χ2v) is 5.57. The van der Waals surface area contributed by atoms with Gasteiger partial charge in [0.2, 0.25) is 0 Å². The Morgan fingerprint density at radius 2 is 2.24 bits per heavy atom. The number of hydrogen-bond acceptors (Lipinski definition) is 3. The minimum absolute atomic E-state index is 0.185. The average Bonchev–Trinajstić information content (AvgIpc) is 2.86. The molecule has 0 fully saturated rings. The maximum absolute atomic E-state index is 12.7. The van der Waals surface area contributed by atoms with Crippen molar-refractivity contribution in [1.29, 1.82) is 0 Å². The number of fused-ring (bicyclic) bond motifs is 1. The number of aryl methyl sites for hydroxylation is 2. The molecule has 1 aliphatic heterocycles. The summed E-state index contributed by atoms with van der Waals surface area (Å²) in [6.07, 6.45) is 1.42. The molecule has 3 rings (SSSR count). The van der Waals surface area contributed by atoms with E-state index >= 15 is 0 Å². The fourth-order valence-corrected chi connectivity index (χ4v) is 3.09. The van der Waals surface area contributed by atoms with Crippen LogP contribution in [0.1, 0.15) is 35.5 Å². The number of carbonyl (C=O) groups is 1. The van der Waals surface area contributed by atoms with Crippen molar-refractivity contribution >= 4 is 5.78 Å². The fraction of sp³-hybridized carbons (Fsp3) is 0.412. The van der Waals surface area contributed by atoms with E-state index in [9.17, 15) is 4.79 Å². The molecule has 1 N–H and O–H groups in total. The van der Waals surface area contributed by atoms with Gasteiger partial charge in [0.1, 0.15) is 0 Å². The molecule has 1 aliphatic rings. The molecule has 2 aromatic rings. The van der Waals surface area contributed by atoms with Crippen LogP contribution in [0.15, 0.2) is 30.3 Å². The Morgan fingerprint density at radius 3 is 3.05 bits per heavy atom. The predicted octanol–water partition coefficient (Wildman–Crippen LogP) is 2.21. The third-order valence-corrected chi connectivity index (χ3v) is 4.07. The zero-order chi connectivity index (χ0) is 14.8. The summed E-state index contributed by atoms with van der Waals surface area (Å²) in [5.41, 5.74) is 4.39. The van der Waals surface area contributed by atoms with Gasteiger partial charge in [-0.2, -0.15) is 5.10 Å². The molecule has 4 heteroatoms. The zero-order valence-electron chi connectivity index (χ0n) is 12.6. The number of aromatic nitrogens is 2. The lowest BCUT2D eigenvalue weighted by atomic mass is 9.90. The van der Waals surface area contributed by atoms with Gasteiger partial charge in [0.05, 0.1) is 18.2 Å². The summed E-state index contributed by atoms with van der Waals surface area (Å²) < 4.78 is 1.92. The Bertz CT molecular complexity index is 660. The fourth-order valence-electron chi connectivity index (χ4n) is 3.09. The van der Waals surface area contributed by atoms with Gasteiger partial charge in [0.15, 0.2) is 5.78 Å². The smallest absolute Gasteiger partial charge is 0.160 e. The van der Waals surface area contributed by atoms with Gasteiger partial charge < -0.3 is 5.32 Å². The Labute approximate surface area is 125 Å². The highest BCUT2D eigenvalue weighted by Gasteiger charge is 2.26. The molecule has 0 saturated heterocycles. The number of Topliss-reactive ketones (excluding diaryl/α,β-unsaturated/α-hetero) is 1. The van der Waals surface area contributed by atoms with Crippen molar-refractivity contribution in [3.63, 3.8) is 0 Å². The van der Waals surface area contributed by atoms with Crippen LogP contribution < -0.4 is 5.32 Å². The molecule has 1 aromatic carbocycles. The Kier molecular flexibility index (Phi) is 3.88. The summed E-state index contributed by atoms with van der Waals surface area (Å²) in [5, 5.41) is 7.78. The molecule has 4 nitrogen and oxygen atoms in total. The molecule has 1 atom stereocenters. The molecule has 1 aromatic heterocycles. The van der Waals surface area contributed by atoms with Crippen molar-refractivity contribution in [3.05, 3.63) is 52.8 Å². The second kappa shape index (κ2) is 5.82. The summed E-state index contributed by atoms with van der Waals surface area (Å²) in [6.45, 7) is 5.67. The Balaban J connectivity index is 1.83.